The van der Waals surface area contributed by atoms with Crippen molar-refractivity contribution in [2.75, 3.05) is 7.11 Å². The van der Waals surface area contributed by atoms with Gasteiger partial charge >= 0.3 is 0 Å². The van der Waals surface area contributed by atoms with Gasteiger partial charge in [0, 0.05) is 7.11 Å². The highest BCUT2D eigenvalue weighted by atomic mass is 16.5. The number of methoxy groups -OCH3 is 1. The van der Waals surface area contributed by atoms with Crippen LogP contribution in [0.25, 0.3) is 0 Å². The predicted octanol–water partition coefficient (Wildman–Crippen LogP) is 2.60. The third-order valence-electron chi connectivity index (χ3n) is 3.92. The average Bonchev–Trinajstić information content (AvgIpc) is 2.43. The van der Waals surface area contributed by atoms with Crippen molar-refractivity contribution in [3.8, 4) is 0 Å². The molecule has 16 heavy (non-hydrogen) atoms. The number of hydrogen-bond acceptors (Lipinski definition) is 3. The molecule has 0 spiro atoms. The van der Waals surface area contributed by atoms with E-state index >= 15 is 0 Å². The minimum absolute atomic E-state index is 0.0799. The number of hydrogen-bond donors (Lipinski definition) is 2. The summed E-state index contributed by atoms with van der Waals surface area (Å²) in [4.78, 5) is 0. The molecule has 1 saturated carbocycles. The van der Waals surface area contributed by atoms with Crippen LogP contribution in [0.1, 0.15) is 59.3 Å². The fourth-order valence-electron chi connectivity index (χ4n) is 3.13. The highest BCUT2D eigenvalue weighted by molar-refractivity contribution is 4.99. The molecule has 0 radical (unpaired) electrons. The third kappa shape index (κ3) is 2.96. The second-order valence-electron chi connectivity index (χ2n) is 6.15. The molecule has 1 rings (SSSR count). The number of ether oxygens (including phenoxy) is 1. The molecule has 3 heteroatoms. The van der Waals surface area contributed by atoms with Crippen molar-refractivity contribution in [1.82, 2.24) is 5.43 Å². The fourth-order valence-corrected chi connectivity index (χ4v) is 3.13. The van der Waals surface area contributed by atoms with Crippen molar-refractivity contribution in [3.05, 3.63) is 0 Å². The molecule has 0 heterocycles. The highest BCUT2D eigenvalue weighted by Gasteiger charge is 2.44. The van der Waals surface area contributed by atoms with Gasteiger partial charge in [-0.2, -0.15) is 0 Å². The summed E-state index contributed by atoms with van der Waals surface area (Å²) in [7, 11) is 1.83. The van der Waals surface area contributed by atoms with Gasteiger partial charge in [-0.1, -0.05) is 46.5 Å². The first kappa shape index (κ1) is 13.9. The molecule has 0 bridgehead atoms. The van der Waals surface area contributed by atoms with Crippen LogP contribution < -0.4 is 11.3 Å². The summed E-state index contributed by atoms with van der Waals surface area (Å²) >= 11 is 0. The standard InChI is InChI=1S/C13H28N2O/c1-12(2,3)11(15-14)13(16-4)9-7-5-6-8-10-13/h11,15H,5-10,14H2,1-4H3. The van der Waals surface area contributed by atoms with Crippen LogP contribution in [0.3, 0.4) is 0 Å². The van der Waals surface area contributed by atoms with Crippen LogP contribution in [0.2, 0.25) is 0 Å². The predicted molar refractivity (Wildman–Crippen MR) is 68.0 cm³/mol. The molecule has 1 aliphatic carbocycles. The van der Waals surface area contributed by atoms with Gasteiger partial charge in [0.15, 0.2) is 0 Å². The Kier molecular flexibility index (Phi) is 4.77. The molecule has 0 aromatic carbocycles. The minimum atomic E-state index is -0.0799. The van der Waals surface area contributed by atoms with Crippen LogP contribution in [0.15, 0.2) is 0 Å². The van der Waals surface area contributed by atoms with E-state index in [9.17, 15) is 0 Å². The van der Waals surface area contributed by atoms with E-state index in [0.29, 0.717) is 0 Å². The van der Waals surface area contributed by atoms with E-state index in [2.05, 4.69) is 26.2 Å². The summed E-state index contributed by atoms with van der Waals surface area (Å²) in [6.07, 6.45) is 7.40. The summed E-state index contributed by atoms with van der Waals surface area (Å²) in [6, 6.07) is 0.211. The molecule has 3 N–H and O–H groups in total. The lowest BCUT2D eigenvalue weighted by Gasteiger charge is -2.45. The Morgan fingerprint density at radius 1 is 1.12 bits per heavy atom. The van der Waals surface area contributed by atoms with Crippen molar-refractivity contribution < 1.29 is 4.74 Å². The van der Waals surface area contributed by atoms with Crippen LogP contribution in [0.5, 0.6) is 0 Å². The van der Waals surface area contributed by atoms with Crippen molar-refractivity contribution in [1.29, 1.82) is 0 Å². The summed E-state index contributed by atoms with van der Waals surface area (Å²) in [5.41, 5.74) is 3.05. The Morgan fingerprint density at radius 2 is 1.62 bits per heavy atom. The molecule has 0 aliphatic heterocycles. The Morgan fingerprint density at radius 3 is 1.94 bits per heavy atom. The molecule has 1 aliphatic rings. The zero-order chi connectivity index (χ0) is 12.2. The van der Waals surface area contributed by atoms with E-state index in [4.69, 9.17) is 10.6 Å². The Hall–Kier alpha value is -0.120. The quantitative estimate of drug-likeness (QED) is 0.443. The first-order valence-electron chi connectivity index (χ1n) is 6.47. The molecule has 96 valence electrons. The number of nitrogens with one attached hydrogen (secondary N) is 1. The maximum absolute atomic E-state index is 5.90. The number of nitrogens with two attached hydrogens (primary N) is 1. The molecule has 0 amide bonds. The molecular weight excluding hydrogens is 200 g/mol. The van der Waals surface area contributed by atoms with Crippen molar-refractivity contribution in [2.45, 2.75) is 70.9 Å². The van der Waals surface area contributed by atoms with E-state index in [1.165, 1.54) is 25.7 Å². The zero-order valence-electron chi connectivity index (χ0n) is 11.3. The normalized spacial score (nSPS) is 23.8. The molecule has 0 aromatic heterocycles. The molecule has 0 aromatic rings. The smallest absolute Gasteiger partial charge is 0.0849 e. The Labute approximate surface area is 100 Å². The fraction of sp³-hybridized carbons (Fsp3) is 1.00. The molecule has 0 saturated heterocycles. The van der Waals surface area contributed by atoms with Crippen LogP contribution in [-0.2, 0) is 4.74 Å². The van der Waals surface area contributed by atoms with Crippen LogP contribution in [0.4, 0.5) is 0 Å². The Balaban J connectivity index is 2.90. The highest BCUT2D eigenvalue weighted by Crippen LogP contribution is 2.39. The van der Waals surface area contributed by atoms with Gasteiger partial charge in [0.2, 0.25) is 0 Å². The molecule has 1 fully saturated rings. The maximum Gasteiger partial charge on any atom is 0.0849 e. The second-order valence-corrected chi connectivity index (χ2v) is 6.15. The van der Waals surface area contributed by atoms with Gasteiger partial charge in [0.1, 0.15) is 0 Å². The molecular formula is C13H28N2O. The molecule has 1 unspecified atom stereocenters. The van der Waals surface area contributed by atoms with Gasteiger partial charge in [-0.15, -0.1) is 0 Å². The SMILES string of the molecule is COC1(C(NN)C(C)(C)C)CCCCCC1. The zero-order valence-corrected chi connectivity index (χ0v) is 11.3. The van der Waals surface area contributed by atoms with E-state index in [-0.39, 0.29) is 17.1 Å². The Bertz CT molecular complexity index is 202. The maximum atomic E-state index is 5.90. The van der Waals surface area contributed by atoms with E-state index in [0.717, 1.165) is 12.8 Å². The summed E-state index contributed by atoms with van der Waals surface area (Å²) < 4.78 is 5.90. The average molecular weight is 228 g/mol. The van der Waals surface area contributed by atoms with Crippen molar-refractivity contribution >= 4 is 0 Å². The van der Waals surface area contributed by atoms with Crippen LogP contribution >= 0.6 is 0 Å². The largest absolute Gasteiger partial charge is 0.377 e. The van der Waals surface area contributed by atoms with Gasteiger partial charge in [-0.05, 0) is 18.3 Å². The topological polar surface area (TPSA) is 47.3 Å². The molecule has 3 nitrogen and oxygen atoms in total. The van der Waals surface area contributed by atoms with Crippen LogP contribution in [0, 0.1) is 5.41 Å². The summed E-state index contributed by atoms with van der Waals surface area (Å²) in [5, 5.41) is 0. The minimum Gasteiger partial charge on any atom is -0.377 e. The van der Waals surface area contributed by atoms with Crippen molar-refractivity contribution in [2.24, 2.45) is 11.3 Å². The lowest BCUT2D eigenvalue weighted by Crippen LogP contribution is -2.60. The van der Waals surface area contributed by atoms with E-state index < -0.39 is 0 Å². The van der Waals surface area contributed by atoms with E-state index in [1.54, 1.807) is 0 Å². The van der Waals surface area contributed by atoms with Crippen LogP contribution in [-0.4, -0.2) is 18.8 Å². The van der Waals surface area contributed by atoms with Gasteiger partial charge in [-0.25, -0.2) is 0 Å². The number of rotatable bonds is 3. The number of hydrazine groups is 1. The second kappa shape index (κ2) is 5.48. The van der Waals surface area contributed by atoms with E-state index in [1.807, 2.05) is 7.11 Å². The van der Waals surface area contributed by atoms with Gasteiger partial charge in [0.05, 0.1) is 11.6 Å². The first-order chi connectivity index (χ1) is 7.46. The summed E-state index contributed by atoms with van der Waals surface area (Å²) in [6.45, 7) is 6.68. The monoisotopic (exact) mass is 228 g/mol. The van der Waals surface area contributed by atoms with Gasteiger partial charge < -0.3 is 4.74 Å². The van der Waals surface area contributed by atoms with Gasteiger partial charge in [0.25, 0.3) is 0 Å². The first-order valence-corrected chi connectivity index (χ1v) is 6.47. The lowest BCUT2D eigenvalue weighted by molar-refractivity contribution is -0.0805. The summed E-state index contributed by atoms with van der Waals surface area (Å²) in [5.74, 6) is 5.77. The van der Waals surface area contributed by atoms with Crippen molar-refractivity contribution in [3.63, 3.8) is 0 Å². The molecule has 1 atom stereocenters. The van der Waals surface area contributed by atoms with Gasteiger partial charge in [-0.3, -0.25) is 11.3 Å². The lowest BCUT2D eigenvalue weighted by atomic mass is 9.73. The third-order valence-corrected chi connectivity index (χ3v) is 3.92.